The lowest BCUT2D eigenvalue weighted by Gasteiger charge is -2.27. The number of carbonyl (C=O) groups is 3. The molecule has 1 aliphatic rings. The Kier molecular flexibility index (Phi) is 4.64. The van der Waals surface area contributed by atoms with Crippen molar-refractivity contribution < 1.29 is 34.1 Å². The number of rotatable bonds is 6. The van der Waals surface area contributed by atoms with Gasteiger partial charge in [0.2, 0.25) is 0 Å². The summed E-state index contributed by atoms with van der Waals surface area (Å²) in [7, 11) is 0. The quantitative estimate of drug-likeness (QED) is 0.711. The molecule has 2 atom stereocenters. The first-order valence-electron chi connectivity index (χ1n) is 8.01. The van der Waals surface area contributed by atoms with Crippen LogP contribution in [0.2, 0.25) is 0 Å². The summed E-state index contributed by atoms with van der Waals surface area (Å²) >= 11 is 0. The molecule has 1 aromatic carbocycles. The maximum atomic E-state index is 13.6. The number of aliphatic carboxylic acids is 3. The Morgan fingerprint density at radius 3 is 2.58 bits per heavy atom. The molecule has 138 valence electrons. The van der Waals surface area contributed by atoms with E-state index in [1.165, 1.54) is 21.7 Å². The van der Waals surface area contributed by atoms with Gasteiger partial charge < -0.3 is 19.9 Å². The molecule has 2 heterocycles. The zero-order chi connectivity index (χ0) is 19.0. The molecule has 8 nitrogen and oxygen atoms in total. The van der Waals surface area contributed by atoms with Crippen LogP contribution in [-0.2, 0) is 20.9 Å². The highest BCUT2D eigenvalue weighted by atomic mass is 19.1. The van der Waals surface area contributed by atoms with Crippen LogP contribution in [0.25, 0.3) is 10.9 Å². The Morgan fingerprint density at radius 1 is 1.23 bits per heavy atom. The summed E-state index contributed by atoms with van der Waals surface area (Å²) in [6.45, 7) is -0.171. The maximum absolute atomic E-state index is 13.6. The molecule has 1 unspecified atom stereocenters. The monoisotopic (exact) mass is 364 g/mol. The zero-order valence-electron chi connectivity index (χ0n) is 13.6. The highest BCUT2D eigenvalue weighted by Gasteiger charge is 2.40. The first kappa shape index (κ1) is 17.9. The van der Waals surface area contributed by atoms with Crippen LogP contribution in [0.5, 0.6) is 0 Å². The van der Waals surface area contributed by atoms with Gasteiger partial charge in [-0.2, -0.15) is 0 Å². The molecule has 2 aromatic rings. The first-order chi connectivity index (χ1) is 12.3. The number of nitrogens with zero attached hydrogens (tertiary/aromatic N) is 2. The number of halogens is 1. The molecular formula is C17H17FN2O6. The molecule has 0 aliphatic carbocycles. The average molecular weight is 364 g/mol. The Bertz CT molecular complexity index is 893. The van der Waals surface area contributed by atoms with Crippen LogP contribution in [-0.4, -0.2) is 55.3 Å². The fraction of sp³-hybridized carbons (Fsp3) is 0.353. The molecule has 1 aromatic heterocycles. The second-order valence-corrected chi connectivity index (χ2v) is 6.24. The van der Waals surface area contributed by atoms with Gasteiger partial charge in [0.05, 0.1) is 5.52 Å². The van der Waals surface area contributed by atoms with Gasteiger partial charge in [0.25, 0.3) is 0 Å². The van der Waals surface area contributed by atoms with E-state index in [0.717, 1.165) is 12.1 Å². The molecule has 3 N–H and O–H groups in total. The van der Waals surface area contributed by atoms with Crippen molar-refractivity contribution in [3.8, 4) is 0 Å². The van der Waals surface area contributed by atoms with Crippen LogP contribution in [0, 0.1) is 5.82 Å². The number of fused-ring (bicyclic) bond motifs is 1. The Balaban J connectivity index is 2.16. The third kappa shape index (κ3) is 3.13. The summed E-state index contributed by atoms with van der Waals surface area (Å²) in [5.41, 5.74) is 0.502. The predicted molar refractivity (Wildman–Crippen MR) is 87.3 cm³/mol. The fourth-order valence-electron chi connectivity index (χ4n) is 3.60. The second kappa shape index (κ2) is 6.75. The van der Waals surface area contributed by atoms with Crippen LogP contribution in [0.3, 0.4) is 0 Å². The minimum atomic E-state index is -1.26. The Morgan fingerprint density at radius 2 is 1.96 bits per heavy atom. The Labute approximate surface area is 147 Å². The lowest BCUT2D eigenvalue weighted by Crippen LogP contribution is -2.41. The van der Waals surface area contributed by atoms with Crippen molar-refractivity contribution >= 4 is 28.8 Å². The van der Waals surface area contributed by atoms with Gasteiger partial charge >= 0.3 is 17.9 Å². The van der Waals surface area contributed by atoms with Crippen molar-refractivity contribution in [3.63, 3.8) is 0 Å². The summed E-state index contributed by atoms with van der Waals surface area (Å²) in [6.07, 6.45) is 2.24. The molecule has 0 amide bonds. The van der Waals surface area contributed by atoms with Gasteiger partial charge in [-0.3, -0.25) is 19.3 Å². The molecule has 26 heavy (non-hydrogen) atoms. The average Bonchev–Trinajstić information content (AvgIpc) is 3.13. The van der Waals surface area contributed by atoms with E-state index in [-0.39, 0.29) is 11.1 Å². The smallest absolute Gasteiger partial charge is 0.325 e. The van der Waals surface area contributed by atoms with Gasteiger partial charge in [-0.1, -0.05) is 0 Å². The molecule has 9 heteroatoms. The van der Waals surface area contributed by atoms with Gasteiger partial charge in [-0.25, -0.2) is 4.39 Å². The van der Waals surface area contributed by atoms with E-state index in [1.54, 1.807) is 0 Å². The fourth-order valence-corrected chi connectivity index (χ4v) is 3.60. The molecule has 0 radical (unpaired) electrons. The van der Waals surface area contributed by atoms with Gasteiger partial charge in [0.15, 0.2) is 0 Å². The standard InChI is InChI=1S/C17H17FN2O6/c18-9-3-4-10-11(7-19(8-14(21)22)13(10)6-9)15(17(25)26)20-5-1-2-12(20)16(23)24/h3-4,6-7,12,15H,1-2,5,8H2,(H,21,22)(H,23,24)(H,25,26)/t12-,15?/m1/s1. The van der Waals surface area contributed by atoms with Crippen LogP contribution >= 0.6 is 0 Å². The summed E-state index contributed by atoms with van der Waals surface area (Å²) in [5.74, 6) is -4.08. The van der Waals surface area contributed by atoms with Crippen LogP contribution in [0.1, 0.15) is 24.4 Å². The molecule has 3 rings (SSSR count). The number of hydrogen-bond donors (Lipinski definition) is 3. The summed E-state index contributed by atoms with van der Waals surface area (Å²) in [6, 6.07) is 1.49. The maximum Gasteiger partial charge on any atom is 0.325 e. The predicted octanol–water partition coefficient (Wildman–Crippen LogP) is 1.54. The number of benzene rings is 1. The SMILES string of the molecule is O=C(O)Cn1cc(C(C(=O)O)N2CCC[C@@H]2C(=O)O)c2ccc(F)cc21. The van der Waals surface area contributed by atoms with Crippen LogP contribution < -0.4 is 0 Å². The highest BCUT2D eigenvalue weighted by Crippen LogP contribution is 2.35. The molecule has 0 saturated carbocycles. The second-order valence-electron chi connectivity index (χ2n) is 6.24. The molecule has 1 fully saturated rings. The zero-order valence-corrected chi connectivity index (χ0v) is 13.6. The van der Waals surface area contributed by atoms with E-state index in [4.69, 9.17) is 5.11 Å². The Hall–Kier alpha value is -2.94. The van der Waals surface area contributed by atoms with E-state index in [2.05, 4.69) is 0 Å². The summed E-state index contributed by atoms with van der Waals surface area (Å²) in [5, 5.41) is 28.6. The first-order valence-corrected chi connectivity index (χ1v) is 8.01. The van der Waals surface area contributed by atoms with Gasteiger partial charge in [-0.15, -0.1) is 0 Å². The third-order valence-corrected chi connectivity index (χ3v) is 4.62. The molecule has 0 spiro atoms. The summed E-state index contributed by atoms with van der Waals surface area (Å²) in [4.78, 5) is 35.9. The number of carboxylic acid groups (broad SMARTS) is 3. The van der Waals surface area contributed by atoms with E-state index < -0.39 is 42.4 Å². The lowest BCUT2D eigenvalue weighted by atomic mass is 10.0. The normalized spacial score (nSPS) is 18.9. The minimum Gasteiger partial charge on any atom is -0.480 e. The molecular weight excluding hydrogens is 347 g/mol. The van der Waals surface area contributed by atoms with Crippen molar-refractivity contribution in [3.05, 3.63) is 35.8 Å². The van der Waals surface area contributed by atoms with Crippen molar-refractivity contribution in [2.45, 2.75) is 31.5 Å². The number of aromatic nitrogens is 1. The van der Waals surface area contributed by atoms with Crippen molar-refractivity contribution in [1.29, 1.82) is 0 Å². The molecule has 1 aliphatic heterocycles. The van der Waals surface area contributed by atoms with Gasteiger partial charge in [0.1, 0.15) is 24.4 Å². The van der Waals surface area contributed by atoms with Crippen LogP contribution in [0.4, 0.5) is 4.39 Å². The van der Waals surface area contributed by atoms with E-state index in [9.17, 15) is 29.0 Å². The highest BCUT2D eigenvalue weighted by molar-refractivity contribution is 5.91. The van der Waals surface area contributed by atoms with Crippen molar-refractivity contribution in [2.24, 2.45) is 0 Å². The topological polar surface area (TPSA) is 120 Å². The molecule has 1 saturated heterocycles. The number of hydrogen-bond acceptors (Lipinski definition) is 4. The lowest BCUT2D eigenvalue weighted by molar-refractivity contribution is -0.149. The summed E-state index contributed by atoms with van der Waals surface area (Å²) < 4.78 is 14.9. The van der Waals surface area contributed by atoms with Gasteiger partial charge in [-0.05, 0) is 31.0 Å². The minimum absolute atomic E-state index is 0.250. The van der Waals surface area contributed by atoms with Crippen molar-refractivity contribution in [2.75, 3.05) is 6.54 Å². The van der Waals surface area contributed by atoms with Crippen LogP contribution in [0.15, 0.2) is 24.4 Å². The number of likely N-dealkylation sites (tertiary alicyclic amines) is 1. The van der Waals surface area contributed by atoms with E-state index in [0.29, 0.717) is 24.8 Å². The third-order valence-electron chi connectivity index (χ3n) is 4.62. The molecule has 0 bridgehead atoms. The van der Waals surface area contributed by atoms with E-state index >= 15 is 0 Å². The van der Waals surface area contributed by atoms with Gasteiger partial charge in [0, 0.05) is 23.7 Å². The van der Waals surface area contributed by atoms with Crippen molar-refractivity contribution in [1.82, 2.24) is 9.47 Å². The van der Waals surface area contributed by atoms with E-state index in [1.807, 2.05) is 0 Å². The number of carboxylic acids is 3. The largest absolute Gasteiger partial charge is 0.480 e.